The predicted octanol–water partition coefficient (Wildman–Crippen LogP) is 13.4. The molecule has 5 atom stereocenters. The Bertz CT molecular complexity index is 1350. The molecule has 0 radical (unpaired) electrons. The first-order chi connectivity index (χ1) is 26.8. The van der Waals surface area contributed by atoms with Gasteiger partial charge in [0.05, 0.1) is 17.7 Å². The summed E-state index contributed by atoms with van der Waals surface area (Å²) in [5.74, 6) is -43.0. The second kappa shape index (κ2) is 23.7. The number of benzene rings is 1. The number of ether oxygens (including phenoxy) is 2. The van der Waals surface area contributed by atoms with Gasteiger partial charge in [-0.1, -0.05) is 103 Å². The number of esters is 2. The van der Waals surface area contributed by atoms with Gasteiger partial charge < -0.3 is 9.47 Å². The molecule has 1 rings (SSSR count). The van der Waals surface area contributed by atoms with E-state index < -0.39 is 84.6 Å². The van der Waals surface area contributed by atoms with Crippen molar-refractivity contribution in [3.63, 3.8) is 0 Å². The predicted molar refractivity (Wildman–Crippen MR) is 177 cm³/mol. The van der Waals surface area contributed by atoms with Crippen LogP contribution in [0.2, 0.25) is 0 Å². The van der Waals surface area contributed by atoms with Crippen LogP contribution in [0.4, 0.5) is 74.6 Å². The number of hydrogen-bond acceptors (Lipinski definition) is 4. The van der Waals surface area contributed by atoms with Crippen molar-refractivity contribution < 1.29 is 93.7 Å². The van der Waals surface area contributed by atoms with Gasteiger partial charge in [0.25, 0.3) is 6.43 Å². The van der Waals surface area contributed by atoms with E-state index in [2.05, 4.69) is 11.7 Å². The number of halogens is 17. The average molecular weight is 879 g/mol. The summed E-state index contributed by atoms with van der Waals surface area (Å²) < 4.78 is 241. The summed E-state index contributed by atoms with van der Waals surface area (Å²) in [6, 6.07) is 2.62. The lowest BCUT2D eigenvalue weighted by atomic mass is 9.89. The summed E-state index contributed by atoms with van der Waals surface area (Å²) in [7, 11) is 0. The first kappa shape index (κ1) is 53.0. The van der Waals surface area contributed by atoms with Crippen LogP contribution in [0.3, 0.4) is 0 Å². The lowest BCUT2D eigenvalue weighted by molar-refractivity contribution is -0.422. The van der Waals surface area contributed by atoms with E-state index >= 15 is 0 Å². The minimum absolute atomic E-state index is 0.0307. The maximum Gasteiger partial charge on any atom is 0.385 e. The number of alkyl halides is 17. The average Bonchev–Trinajstić information content (AvgIpc) is 3.17. The van der Waals surface area contributed by atoms with Crippen LogP contribution in [0.5, 0.6) is 0 Å². The van der Waals surface area contributed by atoms with E-state index in [1.165, 1.54) is 57.8 Å². The first-order valence-electron chi connectivity index (χ1n) is 18.7. The zero-order chi connectivity index (χ0) is 44.5. The van der Waals surface area contributed by atoms with Crippen LogP contribution in [-0.4, -0.2) is 85.6 Å². The first-order valence-corrected chi connectivity index (χ1v) is 18.7. The van der Waals surface area contributed by atoms with Crippen LogP contribution in [-0.2, 0) is 9.47 Å². The Morgan fingerprint density at radius 3 is 1.24 bits per heavy atom. The largest absolute Gasteiger partial charge is 0.462 e. The minimum Gasteiger partial charge on any atom is -0.462 e. The number of carbonyl (C=O) groups is 2. The molecule has 0 aliphatic carbocycles. The Hall–Kier alpha value is -3.03. The Labute approximate surface area is 324 Å². The van der Waals surface area contributed by atoms with Crippen molar-refractivity contribution in [1.29, 1.82) is 0 Å². The number of hydrogen-bond donors (Lipinski definition) is 0. The molecule has 5 unspecified atom stereocenters. The van der Waals surface area contributed by atoms with Crippen molar-refractivity contribution >= 4 is 11.9 Å². The zero-order valence-corrected chi connectivity index (χ0v) is 31.4. The van der Waals surface area contributed by atoms with Gasteiger partial charge in [-0.3, -0.25) is 0 Å². The Morgan fingerprint density at radius 2 is 0.845 bits per heavy atom. The maximum absolute atomic E-state index is 14.2. The fourth-order valence-electron chi connectivity index (χ4n) is 5.48. The highest BCUT2D eigenvalue weighted by Crippen LogP contribution is 2.59. The van der Waals surface area contributed by atoms with E-state index in [1.54, 1.807) is 0 Å². The molecule has 0 bridgehead atoms. The fourth-order valence-corrected chi connectivity index (χ4v) is 5.48. The molecule has 0 aliphatic rings. The molecular weight excluding hydrogens is 831 g/mol. The molecule has 58 heavy (non-hydrogen) atoms. The molecule has 0 fully saturated rings. The monoisotopic (exact) mass is 878 g/mol. The second-order valence-electron chi connectivity index (χ2n) is 13.8. The van der Waals surface area contributed by atoms with E-state index in [-0.39, 0.29) is 12.2 Å². The molecule has 0 amide bonds. The molecule has 338 valence electrons. The number of rotatable bonds is 30. The second-order valence-corrected chi connectivity index (χ2v) is 13.8. The smallest absolute Gasteiger partial charge is 0.385 e. The van der Waals surface area contributed by atoms with Crippen molar-refractivity contribution in [2.75, 3.05) is 6.61 Å². The number of unbranched alkanes of at least 4 members (excludes halogenated alkanes) is 15. The van der Waals surface area contributed by atoms with Gasteiger partial charge in [-0.2, -0.15) is 48.3 Å². The van der Waals surface area contributed by atoms with Crippen LogP contribution in [0.15, 0.2) is 24.3 Å². The fraction of sp³-hybridized carbons (Fsp3) is 0.784. The van der Waals surface area contributed by atoms with E-state index in [9.17, 15) is 84.2 Å². The van der Waals surface area contributed by atoms with Crippen molar-refractivity contribution in [3.8, 4) is 0 Å². The van der Waals surface area contributed by atoms with E-state index in [0.717, 1.165) is 50.7 Å². The van der Waals surface area contributed by atoms with E-state index in [4.69, 9.17) is 4.74 Å². The molecular formula is C37H47F17O4. The molecule has 1 aromatic rings. The standard InChI is InChI=1S/C37H47F17O4/c1-2-3-4-5-6-7-8-9-10-11-12-13-14-15-16-17-22-57-30(55)23-18-20-24(21-19-23)31(56)58-32(44)34(47,48)36(51,52)37(53,54)35(49,50)33(45,46)28(41)26(39)25(38)27(40)29(42)43/h18-21,25-29,32H,2-17,22H2,1H3. The highest BCUT2D eigenvalue weighted by Gasteiger charge is 2.89. The third kappa shape index (κ3) is 13.8. The SMILES string of the molecule is CCCCCCCCCCCCCCCCCCOC(=O)c1ccc(C(=O)OC(F)C(F)(F)C(F)(F)C(F)(F)C(F)(F)C(F)(F)C(F)C(F)C(F)C(F)C(F)F)cc1. The normalized spacial score (nSPS) is 15.8. The van der Waals surface area contributed by atoms with Gasteiger partial charge in [0.15, 0.2) is 18.5 Å². The molecule has 0 aromatic heterocycles. The molecule has 0 saturated carbocycles. The van der Waals surface area contributed by atoms with Crippen LogP contribution in [0.1, 0.15) is 130 Å². The van der Waals surface area contributed by atoms with Crippen molar-refractivity contribution in [1.82, 2.24) is 0 Å². The molecule has 0 aliphatic heterocycles. The Morgan fingerprint density at radius 1 is 0.483 bits per heavy atom. The highest BCUT2D eigenvalue weighted by atomic mass is 19.4. The topological polar surface area (TPSA) is 52.6 Å². The van der Waals surface area contributed by atoms with Crippen molar-refractivity contribution in [3.05, 3.63) is 35.4 Å². The lowest BCUT2D eigenvalue weighted by Crippen LogP contribution is -2.71. The van der Waals surface area contributed by atoms with Crippen LogP contribution in [0, 0.1) is 0 Å². The van der Waals surface area contributed by atoms with Crippen LogP contribution >= 0.6 is 0 Å². The summed E-state index contributed by atoms with van der Waals surface area (Å²) in [4.78, 5) is 24.3. The summed E-state index contributed by atoms with van der Waals surface area (Å²) >= 11 is 0. The molecule has 0 N–H and O–H groups in total. The van der Waals surface area contributed by atoms with Gasteiger partial charge in [-0.05, 0) is 30.7 Å². The third-order valence-corrected chi connectivity index (χ3v) is 9.18. The third-order valence-electron chi connectivity index (χ3n) is 9.18. The van der Waals surface area contributed by atoms with Crippen molar-refractivity contribution in [2.45, 2.75) is 177 Å². The molecule has 21 heteroatoms. The highest BCUT2D eigenvalue weighted by molar-refractivity contribution is 5.93. The summed E-state index contributed by atoms with van der Waals surface area (Å²) in [5, 5.41) is 0. The van der Waals surface area contributed by atoms with Gasteiger partial charge in [-0.25, -0.2) is 35.9 Å². The summed E-state index contributed by atoms with van der Waals surface area (Å²) in [6.07, 6.45) is -12.6. The van der Waals surface area contributed by atoms with Gasteiger partial charge in [0.1, 0.15) is 0 Å². The minimum atomic E-state index is -8.31. The molecule has 0 heterocycles. The molecule has 4 nitrogen and oxygen atoms in total. The maximum atomic E-state index is 14.2. The van der Waals surface area contributed by atoms with Gasteiger partial charge in [0, 0.05) is 0 Å². The summed E-state index contributed by atoms with van der Waals surface area (Å²) in [5.41, 5.74) is -1.33. The summed E-state index contributed by atoms with van der Waals surface area (Å²) in [6.45, 7) is 2.15. The van der Waals surface area contributed by atoms with Crippen molar-refractivity contribution in [2.24, 2.45) is 0 Å². The van der Waals surface area contributed by atoms with Gasteiger partial charge in [-0.15, -0.1) is 0 Å². The number of carbonyl (C=O) groups excluding carboxylic acids is 2. The molecule has 0 saturated heterocycles. The van der Waals surface area contributed by atoms with E-state index in [1.807, 2.05) is 0 Å². The van der Waals surface area contributed by atoms with Gasteiger partial charge in [0.2, 0.25) is 6.17 Å². The van der Waals surface area contributed by atoms with Gasteiger partial charge >= 0.3 is 47.9 Å². The molecule has 0 spiro atoms. The van der Waals surface area contributed by atoms with E-state index in [0.29, 0.717) is 18.6 Å². The zero-order valence-electron chi connectivity index (χ0n) is 31.4. The lowest BCUT2D eigenvalue weighted by Gasteiger charge is -2.41. The molecule has 1 aromatic carbocycles. The van der Waals surface area contributed by atoms with Crippen LogP contribution in [0.25, 0.3) is 0 Å². The van der Waals surface area contributed by atoms with Crippen LogP contribution < -0.4 is 0 Å². The quantitative estimate of drug-likeness (QED) is 0.0439. The Balaban J connectivity index is 2.67. The Kier molecular flexibility index (Phi) is 21.6.